The molecule has 1 heterocycles. The molecule has 0 saturated carbocycles. The standard InChI is InChI=1S/C18H12N2O2/c19-13-15-6-1-2-9-17(15)22-18(21)14-7-5-8-16(12-14)20-10-3-4-11-20/h1-12H. The number of nitrogens with zero attached hydrogens (tertiary/aromatic N) is 2. The quantitative estimate of drug-likeness (QED) is 0.547. The van der Waals surface area contributed by atoms with Crippen LogP contribution in [0.5, 0.6) is 5.75 Å². The van der Waals surface area contributed by atoms with E-state index >= 15 is 0 Å². The molecule has 0 unspecified atom stereocenters. The van der Waals surface area contributed by atoms with Crippen molar-refractivity contribution in [2.45, 2.75) is 0 Å². The summed E-state index contributed by atoms with van der Waals surface area (Å²) in [4.78, 5) is 12.3. The van der Waals surface area contributed by atoms with Crippen LogP contribution in [0.25, 0.3) is 5.69 Å². The van der Waals surface area contributed by atoms with Gasteiger partial charge in [0.25, 0.3) is 0 Å². The summed E-state index contributed by atoms with van der Waals surface area (Å²) in [5.41, 5.74) is 1.63. The Morgan fingerprint density at radius 3 is 2.55 bits per heavy atom. The van der Waals surface area contributed by atoms with Crippen LogP contribution in [0.3, 0.4) is 0 Å². The minimum absolute atomic E-state index is 0.265. The van der Waals surface area contributed by atoms with Gasteiger partial charge in [-0.25, -0.2) is 4.79 Å². The van der Waals surface area contributed by atoms with Gasteiger partial charge >= 0.3 is 5.97 Å². The average Bonchev–Trinajstić information content (AvgIpc) is 3.10. The summed E-state index contributed by atoms with van der Waals surface area (Å²) in [6.45, 7) is 0. The number of carbonyl (C=O) groups excluding carboxylic acids is 1. The first-order valence-corrected chi connectivity index (χ1v) is 6.72. The molecule has 0 amide bonds. The second-order valence-electron chi connectivity index (χ2n) is 4.64. The molecule has 3 rings (SSSR count). The minimum Gasteiger partial charge on any atom is -0.422 e. The van der Waals surface area contributed by atoms with Gasteiger partial charge in [0.2, 0.25) is 0 Å². The van der Waals surface area contributed by atoms with Gasteiger partial charge in [-0.1, -0.05) is 18.2 Å². The molecule has 3 aromatic rings. The Bertz CT molecular complexity index is 846. The average molecular weight is 288 g/mol. The largest absolute Gasteiger partial charge is 0.422 e. The maximum Gasteiger partial charge on any atom is 0.343 e. The number of esters is 1. The molecule has 0 bridgehead atoms. The molecule has 0 fully saturated rings. The number of nitriles is 1. The molecule has 0 saturated heterocycles. The van der Waals surface area contributed by atoms with Gasteiger partial charge in [-0.2, -0.15) is 5.26 Å². The van der Waals surface area contributed by atoms with E-state index in [2.05, 4.69) is 0 Å². The molecule has 0 N–H and O–H groups in total. The van der Waals surface area contributed by atoms with E-state index in [1.807, 2.05) is 41.2 Å². The van der Waals surface area contributed by atoms with E-state index in [0.717, 1.165) is 5.69 Å². The summed E-state index contributed by atoms with van der Waals surface area (Å²) < 4.78 is 7.23. The van der Waals surface area contributed by atoms with Gasteiger partial charge in [0.15, 0.2) is 0 Å². The van der Waals surface area contributed by atoms with Crippen molar-refractivity contribution in [1.29, 1.82) is 5.26 Å². The number of rotatable bonds is 3. The normalized spacial score (nSPS) is 9.95. The second kappa shape index (κ2) is 5.98. The van der Waals surface area contributed by atoms with Crippen LogP contribution in [0.4, 0.5) is 0 Å². The lowest BCUT2D eigenvalue weighted by Gasteiger charge is -2.08. The van der Waals surface area contributed by atoms with Crippen LogP contribution in [0.1, 0.15) is 15.9 Å². The number of hydrogen-bond acceptors (Lipinski definition) is 3. The SMILES string of the molecule is N#Cc1ccccc1OC(=O)c1cccc(-n2cccc2)c1. The topological polar surface area (TPSA) is 55.0 Å². The van der Waals surface area contributed by atoms with Gasteiger partial charge in [-0.05, 0) is 42.5 Å². The highest BCUT2D eigenvalue weighted by Gasteiger charge is 2.12. The van der Waals surface area contributed by atoms with Gasteiger partial charge in [0.1, 0.15) is 11.8 Å². The van der Waals surface area contributed by atoms with E-state index in [9.17, 15) is 4.79 Å². The number of aromatic nitrogens is 1. The van der Waals surface area contributed by atoms with Crippen molar-refractivity contribution in [2.24, 2.45) is 0 Å². The summed E-state index contributed by atoms with van der Waals surface area (Å²) in [5.74, 6) is -0.224. The Labute approximate surface area is 127 Å². The summed E-state index contributed by atoms with van der Waals surface area (Å²) in [6.07, 6.45) is 3.80. The van der Waals surface area contributed by atoms with Gasteiger partial charge in [-0.15, -0.1) is 0 Å². The first-order chi connectivity index (χ1) is 10.8. The van der Waals surface area contributed by atoms with Crippen LogP contribution in [0, 0.1) is 11.3 Å². The molecule has 0 atom stereocenters. The van der Waals surface area contributed by atoms with Gasteiger partial charge in [0, 0.05) is 18.1 Å². The maximum absolute atomic E-state index is 12.3. The molecule has 106 valence electrons. The third kappa shape index (κ3) is 2.74. The Hall–Kier alpha value is -3.32. The van der Waals surface area contributed by atoms with Crippen LogP contribution < -0.4 is 4.74 Å². The highest BCUT2D eigenvalue weighted by atomic mass is 16.5. The number of para-hydroxylation sites is 1. The van der Waals surface area contributed by atoms with E-state index in [0.29, 0.717) is 11.1 Å². The summed E-state index contributed by atoms with van der Waals surface area (Å²) in [5, 5.41) is 9.03. The first kappa shape index (κ1) is 13.7. The van der Waals surface area contributed by atoms with E-state index < -0.39 is 5.97 Å². The van der Waals surface area contributed by atoms with Crippen LogP contribution in [-0.2, 0) is 0 Å². The molecular formula is C18H12N2O2. The number of hydrogen-bond donors (Lipinski definition) is 0. The molecule has 4 nitrogen and oxygen atoms in total. The lowest BCUT2D eigenvalue weighted by molar-refractivity contribution is 0.0734. The molecule has 22 heavy (non-hydrogen) atoms. The Morgan fingerprint density at radius 2 is 1.77 bits per heavy atom. The maximum atomic E-state index is 12.3. The fourth-order valence-corrected chi connectivity index (χ4v) is 2.11. The summed E-state index contributed by atoms with van der Waals surface area (Å²) >= 11 is 0. The fourth-order valence-electron chi connectivity index (χ4n) is 2.11. The third-order valence-electron chi connectivity index (χ3n) is 3.19. The zero-order valence-electron chi connectivity index (χ0n) is 11.6. The lowest BCUT2D eigenvalue weighted by Crippen LogP contribution is -2.10. The van der Waals surface area contributed by atoms with Crippen molar-refractivity contribution in [2.75, 3.05) is 0 Å². The van der Waals surface area contributed by atoms with Gasteiger partial charge in [-0.3, -0.25) is 0 Å². The predicted octanol–water partition coefficient (Wildman–Crippen LogP) is 3.57. The molecule has 0 radical (unpaired) electrons. The molecular weight excluding hydrogens is 276 g/mol. The monoisotopic (exact) mass is 288 g/mol. The van der Waals surface area contributed by atoms with Gasteiger partial charge in [0.05, 0.1) is 11.1 Å². The minimum atomic E-state index is -0.489. The molecule has 0 aliphatic rings. The highest BCUT2D eigenvalue weighted by molar-refractivity contribution is 5.91. The number of ether oxygens (including phenoxy) is 1. The first-order valence-electron chi connectivity index (χ1n) is 6.72. The third-order valence-corrected chi connectivity index (χ3v) is 3.19. The molecule has 4 heteroatoms. The molecule has 1 aromatic heterocycles. The summed E-state index contributed by atoms with van der Waals surface area (Å²) in [6, 6.07) is 19.6. The predicted molar refractivity (Wildman–Crippen MR) is 81.9 cm³/mol. The zero-order chi connectivity index (χ0) is 15.4. The summed E-state index contributed by atoms with van der Waals surface area (Å²) in [7, 11) is 0. The van der Waals surface area contributed by atoms with E-state index in [-0.39, 0.29) is 5.75 Å². The lowest BCUT2D eigenvalue weighted by atomic mass is 10.2. The Balaban J connectivity index is 1.87. The fraction of sp³-hybridized carbons (Fsp3) is 0. The van der Waals surface area contributed by atoms with Crippen molar-refractivity contribution in [3.63, 3.8) is 0 Å². The van der Waals surface area contributed by atoms with Crippen molar-refractivity contribution in [1.82, 2.24) is 4.57 Å². The van der Waals surface area contributed by atoms with E-state index in [1.165, 1.54) is 0 Å². The van der Waals surface area contributed by atoms with E-state index in [1.54, 1.807) is 42.5 Å². The van der Waals surface area contributed by atoms with Crippen molar-refractivity contribution in [3.05, 3.63) is 84.2 Å². The zero-order valence-corrected chi connectivity index (χ0v) is 11.6. The van der Waals surface area contributed by atoms with E-state index in [4.69, 9.17) is 10.00 Å². The van der Waals surface area contributed by atoms with Crippen LogP contribution in [-0.4, -0.2) is 10.5 Å². The molecule has 2 aromatic carbocycles. The second-order valence-corrected chi connectivity index (χ2v) is 4.64. The number of benzene rings is 2. The number of carbonyl (C=O) groups is 1. The molecule has 0 aliphatic heterocycles. The molecule has 0 aliphatic carbocycles. The van der Waals surface area contributed by atoms with Gasteiger partial charge < -0.3 is 9.30 Å². The van der Waals surface area contributed by atoms with Crippen molar-refractivity contribution in [3.8, 4) is 17.5 Å². The van der Waals surface area contributed by atoms with Crippen molar-refractivity contribution >= 4 is 5.97 Å². The Morgan fingerprint density at radius 1 is 1.00 bits per heavy atom. The van der Waals surface area contributed by atoms with Crippen molar-refractivity contribution < 1.29 is 9.53 Å². The Kier molecular flexibility index (Phi) is 3.71. The van der Waals surface area contributed by atoms with Crippen LogP contribution in [0.2, 0.25) is 0 Å². The molecule has 0 spiro atoms. The van der Waals surface area contributed by atoms with Crippen LogP contribution >= 0.6 is 0 Å². The van der Waals surface area contributed by atoms with Crippen LogP contribution in [0.15, 0.2) is 73.1 Å². The highest BCUT2D eigenvalue weighted by Crippen LogP contribution is 2.19. The smallest absolute Gasteiger partial charge is 0.343 e.